The second-order valence-corrected chi connectivity index (χ2v) is 8.84. The summed E-state index contributed by atoms with van der Waals surface area (Å²) in [7, 11) is 0. The standard InChI is InChI=1S/C24H26N4O5/c29-20(27-11-8-17(9-12-27)21(30)25-14-18-5-3-13-33-18)15-28-22(31)24(26-23(28)32)10-7-16-4-1-2-6-19(16)24/h1-6,13,17H,7-12,14-15H2,(H,25,30)(H,26,32). The summed E-state index contributed by atoms with van der Waals surface area (Å²) < 4.78 is 5.22. The largest absolute Gasteiger partial charge is 0.467 e. The molecule has 3 heterocycles. The van der Waals surface area contributed by atoms with Gasteiger partial charge in [0.2, 0.25) is 11.8 Å². The molecule has 1 aromatic carbocycles. The number of rotatable bonds is 5. The van der Waals surface area contributed by atoms with Crippen molar-refractivity contribution in [1.82, 2.24) is 20.4 Å². The molecule has 3 aliphatic rings. The number of benzene rings is 1. The van der Waals surface area contributed by atoms with E-state index in [-0.39, 0.29) is 30.2 Å². The molecule has 0 radical (unpaired) electrons. The summed E-state index contributed by atoms with van der Waals surface area (Å²) in [6.45, 7) is 0.872. The minimum Gasteiger partial charge on any atom is -0.467 e. The highest BCUT2D eigenvalue weighted by atomic mass is 16.3. The summed E-state index contributed by atoms with van der Waals surface area (Å²) in [6.07, 6.45) is 3.84. The first-order chi connectivity index (χ1) is 16.0. The average Bonchev–Trinajstić information content (AvgIpc) is 3.54. The third kappa shape index (κ3) is 3.77. The Morgan fingerprint density at radius 1 is 1.12 bits per heavy atom. The zero-order valence-electron chi connectivity index (χ0n) is 18.2. The SMILES string of the molecule is O=C(NCc1ccco1)C1CCN(C(=O)CN2C(=O)NC3(CCc4ccccc43)C2=O)CC1. The molecule has 2 N–H and O–H groups in total. The molecule has 1 aromatic heterocycles. The Balaban J connectivity index is 1.16. The molecule has 1 spiro atoms. The lowest BCUT2D eigenvalue weighted by atomic mass is 9.92. The predicted molar refractivity (Wildman–Crippen MR) is 117 cm³/mol. The molecule has 2 saturated heterocycles. The van der Waals surface area contributed by atoms with E-state index in [1.807, 2.05) is 24.3 Å². The number of fused-ring (bicyclic) bond motifs is 2. The molecule has 9 nitrogen and oxygen atoms in total. The maximum absolute atomic E-state index is 13.2. The van der Waals surface area contributed by atoms with Crippen LogP contribution >= 0.6 is 0 Å². The fourth-order valence-corrected chi connectivity index (χ4v) is 5.09. The highest BCUT2D eigenvalue weighted by Crippen LogP contribution is 2.41. The van der Waals surface area contributed by atoms with Gasteiger partial charge in [-0.2, -0.15) is 0 Å². The summed E-state index contributed by atoms with van der Waals surface area (Å²) in [5, 5.41) is 5.71. The van der Waals surface area contributed by atoms with Crippen LogP contribution in [-0.4, -0.2) is 53.2 Å². The van der Waals surface area contributed by atoms with Crippen molar-refractivity contribution in [3.8, 4) is 0 Å². The fraction of sp³-hybridized carbons (Fsp3) is 0.417. The molecule has 2 fully saturated rings. The Morgan fingerprint density at radius 3 is 2.67 bits per heavy atom. The van der Waals surface area contributed by atoms with Crippen LogP contribution in [0.2, 0.25) is 0 Å². The number of urea groups is 1. The average molecular weight is 450 g/mol. The van der Waals surface area contributed by atoms with E-state index in [0.717, 1.165) is 16.0 Å². The Kier molecular flexibility index (Phi) is 5.39. The molecular formula is C24H26N4O5. The maximum Gasteiger partial charge on any atom is 0.325 e. The van der Waals surface area contributed by atoms with Gasteiger partial charge in [0.05, 0.1) is 12.8 Å². The van der Waals surface area contributed by atoms with Crippen LogP contribution < -0.4 is 10.6 Å². The number of hydrogen-bond acceptors (Lipinski definition) is 5. The Bertz CT molecular complexity index is 1090. The van der Waals surface area contributed by atoms with Crippen LogP contribution in [0.3, 0.4) is 0 Å². The number of aryl methyl sites for hydroxylation is 1. The third-order valence-corrected chi connectivity index (χ3v) is 6.95. The highest BCUT2D eigenvalue weighted by molar-refractivity contribution is 6.09. The highest BCUT2D eigenvalue weighted by Gasteiger charge is 2.55. The Morgan fingerprint density at radius 2 is 1.91 bits per heavy atom. The number of furan rings is 1. The molecule has 0 saturated carbocycles. The lowest BCUT2D eigenvalue weighted by molar-refractivity contribution is -0.140. The number of nitrogens with one attached hydrogen (secondary N) is 2. The van der Waals surface area contributed by atoms with Crippen molar-refractivity contribution in [1.29, 1.82) is 0 Å². The lowest BCUT2D eigenvalue weighted by Gasteiger charge is -2.32. The van der Waals surface area contributed by atoms with Crippen molar-refractivity contribution < 1.29 is 23.6 Å². The minimum atomic E-state index is -1.06. The van der Waals surface area contributed by atoms with Gasteiger partial charge < -0.3 is 20.0 Å². The topological polar surface area (TPSA) is 112 Å². The molecule has 33 heavy (non-hydrogen) atoms. The van der Waals surface area contributed by atoms with E-state index in [1.54, 1.807) is 23.3 Å². The predicted octanol–water partition coefficient (Wildman–Crippen LogP) is 1.53. The third-order valence-electron chi connectivity index (χ3n) is 6.95. The summed E-state index contributed by atoms with van der Waals surface area (Å²) >= 11 is 0. The second-order valence-electron chi connectivity index (χ2n) is 8.84. The molecule has 2 aromatic rings. The number of hydrogen-bond donors (Lipinski definition) is 2. The van der Waals surface area contributed by atoms with E-state index in [0.29, 0.717) is 51.1 Å². The molecule has 2 aliphatic heterocycles. The zero-order valence-corrected chi connectivity index (χ0v) is 18.2. The monoisotopic (exact) mass is 450 g/mol. The quantitative estimate of drug-likeness (QED) is 0.671. The number of piperidine rings is 1. The first kappa shape index (κ1) is 21.2. The van der Waals surface area contributed by atoms with E-state index >= 15 is 0 Å². The van der Waals surface area contributed by atoms with Crippen LogP contribution in [0.4, 0.5) is 4.79 Å². The van der Waals surface area contributed by atoms with Crippen molar-refractivity contribution in [3.05, 3.63) is 59.5 Å². The Hall–Kier alpha value is -3.62. The van der Waals surface area contributed by atoms with Gasteiger partial charge in [0, 0.05) is 19.0 Å². The van der Waals surface area contributed by atoms with Gasteiger partial charge in [-0.15, -0.1) is 0 Å². The van der Waals surface area contributed by atoms with Gasteiger partial charge in [-0.3, -0.25) is 19.3 Å². The molecule has 5 amide bonds. The smallest absolute Gasteiger partial charge is 0.325 e. The van der Waals surface area contributed by atoms with Gasteiger partial charge in [-0.05, 0) is 48.9 Å². The van der Waals surface area contributed by atoms with Crippen molar-refractivity contribution >= 4 is 23.8 Å². The van der Waals surface area contributed by atoms with E-state index in [2.05, 4.69) is 10.6 Å². The molecule has 0 bridgehead atoms. The molecule has 1 unspecified atom stereocenters. The number of nitrogens with zero attached hydrogens (tertiary/aromatic N) is 2. The van der Waals surface area contributed by atoms with Crippen molar-refractivity contribution in [3.63, 3.8) is 0 Å². The van der Waals surface area contributed by atoms with Gasteiger partial charge in [0.25, 0.3) is 5.91 Å². The zero-order chi connectivity index (χ0) is 23.0. The normalized spacial score (nSPS) is 22.5. The van der Waals surface area contributed by atoms with Gasteiger partial charge in [0.15, 0.2) is 0 Å². The van der Waals surface area contributed by atoms with Gasteiger partial charge >= 0.3 is 6.03 Å². The van der Waals surface area contributed by atoms with Crippen molar-refractivity contribution in [2.75, 3.05) is 19.6 Å². The summed E-state index contributed by atoms with van der Waals surface area (Å²) in [5.41, 5.74) is 0.805. The van der Waals surface area contributed by atoms with E-state index in [9.17, 15) is 19.2 Å². The fourth-order valence-electron chi connectivity index (χ4n) is 5.09. The molecular weight excluding hydrogens is 424 g/mol. The number of carbonyl (C=O) groups is 4. The molecule has 9 heteroatoms. The Labute approximate surface area is 191 Å². The van der Waals surface area contributed by atoms with Gasteiger partial charge in [-0.1, -0.05) is 24.3 Å². The van der Waals surface area contributed by atoms with E-state index in [4.69, 9.17) is 4.42 Å². The molecule has 172 valence electrons. The molecule has 1 aliphatic carbocycles. The van der Waals surface area contributed by atoms with Crippen molar-refractivity contribution in [2.24, 2.45) is 5.92 Å². The van der Waals surface area contributed by atoms with E-state index < -0.39 is 11.6 Å². The summed E-state index contributed by atoms with van der Waals surface area (Å²) in [4.78, 5) is 53.9. The minimum absolute atomic E-state index is 0.0607. The van der Waals surface area contributed by atoms with Crippen LogP contribution in [0.25, 0.3) is 0 Å². The van der Waals surface area contributed by atoms with Crippen LogP contribution in [-0.2, 0) is 32.9 Å². The lowest BCUT2D eigenvalue weighted by Crippen LogP contribution is -2.48. The van der Waals surface area contributed by atoms with Crippen LogP contribution in [0, 0.1) is 5.92 Å². The van der Waals surface area contributed by atoms with Gasteiger partial charge in [0.1, 0.15) is 17.8 Å². The first-order valence-corrected chi connectivity index (χ1v) is 11.3. The van der Waals surface area contributed by atoms with E-state index in [1.165, 1.54) is 0 Å². The second kappa shape index (κ2) is 8.38. The van der Waals surface area contributed by atoms with Crippen LogP contribution in [0.5, 0.6) is 0 Å². The first-order valence-electron chi connectivity index (χ1n) is 11.3. The number of imide groups is 1. The number of amides is 5. The molecule has 5 rings (SSSR count). The summed E-state index contributed by atoms with van der Waals surface area (Å²) in [6, 6.07) is 10.6. The maximum atomic E-state index is 13.2. The van der Waals surface area contributed by atoms with Crippen molar-refractivity contribution in [2.45, 2.75) is 37.8 Å². The van der Waals surface area contributed by atoms with Crippen LogP contribution in [0.15, 0.2) is 47.1 Å². The summed E-state index contributed by atoms with van der Waals surface area (Å²) in [5.74, 6) is -0.199. The van der Waals surface area contributed by atoms with Gasteiger partial charge in [-0.25, -0.2) is 4.79 Å². The number of likely N-dealkylation sites (tertiary alicyclic amines) is 1. The van der Waals surface area contributed by atoms with Crippen LogP contribution in [0.1, 0.15) is 36.1 Å². The number of carbonyl (C=O) groups excluding carboxylic acids is 4. The molecule has 1 atom stereocenters.